The molecule has 0 aromatic carbocycles. The van der Waals surface area contributed by atoms with Crippen LogP contribution >= 0.6 is 11.3 Å². The summed E-state index contributed by atoms with van der Waals surface area (Å²) in [5, 5.41) is 0. The Morgan fingerprint density at radius 3 is 2.74 bits per heavy atom. The minimum absolute atomic E-state index is 0.199. The van der Waals surface area contributed by atoms with Gasteiger partial charge in [-0.3, -0.25) is 15.1 Å². The number of hydrazine groups is 1. The Bertz CT molecular complexity index is 422. The van der Waals surface area contributed by atoms with Gasteiger partial charge in [-0.2, -0.15) is 0 Å². The van der Waals surface area contributed by atoms with Crippen LogP contribution in [0.4, 0.5) is 0 Å². The summed E-state index contributed by atoms with van der Waals surface area (Å²) in [6.07, 6.45) is 2.58. The number of nitrogens with two attached hydrogens (primary N) is 1. The highest BCUT2D eigenvalue weighted by Gasteiger charge is 2.21. The molecule has 4 nitrogen and oxygen atoms in total. The van der Waals surface area contributed by atoms with E-state index in [9.17, 15) is 4.79 Å². The van der Waals surface area contributed by atoms with Crippen molar-refractivity contribution in [3.63, 3.8) is 0 Å². The summed E-state index contributed by atoms with van der Waals surface area (Å²) in [6.45, 7) is 7.92. The Morgan fingerprint density at radius 1 is 1.47 bits per heavy atom. The molecule has 19 heavy (non-hydrogen) atoms. The number of thiophene rings is 1. The number of rotatable bonds is 4. The van der Waals surface area contributed by atoms with E-state index in [-0.39, 0.29) is 5.91 Å². The summed E-state index contributed by atoms with van der Waals surface area (Å²) in [7, 11) is 0. The number of nitrogens with one attached hydrogen (secondary N) is 1. The lowest BCUT2D eigenvalue weighted by Gasteiger charge is -2.33. The number of likely N-dealkylation sites (tertiary alicyclic amines) is 1. The van der Waals surface area contributed by atoms with Gasteiger partial charge in [-0.05, 0) is 49.9 Å². The second-order valence-electron chi connectivity index (χ2n) is 5.60. The van der Waals surface area contributed by atoms with E-state index in [2.05, 4.69) is 24.2 Å². The topological polar surface area (TPSA) is 58.4 Å². The third kappa shape index (κ3) is 3.78. The van der Waals surface area contributed by atoms with Crippen LogP contribution in [0.2, 0.25) is 0 Å². The van der Waals surface area contributed by atoms with Crippen LogP contribution in [0.25, 0.3) is 0 Å². The zero-order valence-electron chi connectivity index (χ0n) is 11.7. The number of carbonyl (C=O) groups is 1. The monoisotopic (exact) mass is 281 g/mol. The lowest BCUT2D eigenvalue weighted by Crippen LogP contribution is -2.34. The van der Waals surface area contributed by atoms with Gasteiger partial charge in [0.25, 0.3) is 5.91 Å². The SMILES string of the molecule is CC(C)C1CCN(Cc2ccc(C(=O)NN)s2)CC1. The first-order chi connectivity index (χ1) is 9.10. The van der Waals surface area contributed by atoms with E-state index in [1.165, 1.54) is 42.1 Å². The van der Waals surface area contributed by atoms with Crippen LogP contribution in [-0.2, 0) is 6.54 Å². The lowest BCUT2D eigenvalue weighted by atomic mass is 9.87. The number of nitrogen functional groups attached to an aromatic ring is 1. The molecule has 3 N–H and O–H groups in total. The Kier molecular flexibility index (Phi) is 4.96. The van der Waals surface area contributed by atoms with Crippen LogP contribution in [0, 0.1) is 11.8 Å². The molecule has 0 aliphatic carbocycles. The second kappa shape index (κ2) is 6.50. The lowest BCUT2D eigenvalue weighted by molar-refractivity contribution is 0.0957. The first-order valence-corrected chi connectivity index (χ1v) is 7.73. The molecule has 0 spiro atoms. The van der Waals surface area contributed by atoms with Gasteiger partial charge < -0.3 is 0 Å². The van der Waals surface area contributed by atoms with E-state index < -0.39 is 0 Å². The number of amides is 1. The van der Waals surface area contributed by atoms with Crippen molar-refractivity contribution in [3.05, 3.63) is 21.9 Å². The molecule has 1 aromatic heterocycles. The fourth-order valence-corrected chi connectivity index (χ4v) is 3.61. The van der Waals surface area contributed by atoms with E-state index in [1.54, 1.807) is 0 Å². The summed E-state index contributed by atoms with van der Waals surface area (Å²) in [5.41, 5.74) is 2.17. The van der Waals surface area contributed by atoms with Crippen molar-refractivity contribution in [3.8, 4) is 0 Å². The molecular formula is C14H23N3OS. The molecule has 1 aliphatic heterocycles. The predicted molar refractivity (Wildman–Crippen MR) is 78.8 cm³/mol. The third-order valence-electron chi connectivity index (χ3n) is 3.97. The van der Waals surface area contributed by atoms with Crippen LogP contribution in [0.5, 0.6) is 0 Å². The number of hydrogen-bond acceptors (Lipinski definition) is 4. The number of carbonyl (C=O) groups excluding carboxylic acids is 1. The van der Waals surface area contributed by atoms with Crippen molar-refractivity contribution in [2.24, 2.45) is 17.7 Å². The fraction of sp³-hybridized carbons (Fsp3) is 0.643. The summed E-state index contributed by atoms with van der Waals surface area (Å²) in [5.74, 6) is 6.61. The zero-order chi connectivity index (χ0) is 13.8. The van der Waals surface area contributed by atoms with Crippen LogP contribution in [0.15, 0.2) is 12.1 Å². The average molecular weight is 281 g/mol. The maximum Gasteiger partial charge on any atom is 0.275 e. The Labute approximate surface area is 118 Å². The highest BCUT2D eigenvalue weighted by atomic mass is 32.1. The Hall–Kier alpha value is -0.910. The highest BCUT2D eigenvalue weighted by molar-refractivity contribution is 7.14. The normalized spacial score (nSPS) is 17.9. The summed E-state index contributed by atoms with van der Waals surface area (Å²) in [6, 6.07) is 3.88. The smallest absolute Gasteiger partial charge is 0.275 e. The van der Waals surface area contributed by atoms with Gasteiger partial charge >= 0.3 is 0 Å². The Balaban J connectivity index is 1.85. The largest absolute Gasteiger partial charge is 0.298 e. The summed E-state index contributed by atoms with van der Waals surface area (Å²) < 4.78 is 0. The van der Waals surface area contributed by atoms with Gasteiger partial charge in [-0.15, -0.1) is 11.3 Å². The van der Waals surface area contributed by atoms with E-state index >= 15 is 0 Å². The zero-order valence-corrected chi connectivity index (χ0v) is 12.5. The van der Waals surface area contributed by atoms with E-state index in [1.807, 2.05) is 12.1 Å². The first kappa shape index (κ1) is 14.5. The number of nitrogens with zero attached hydrogens (tertiary/aromatic N) is 1. The summed E-state index contributed by atoms with van der Waals surface area (Å²) >= 11 is 1.53. The molecule has 1 fully saturated rings. The van der Waals surface area contributed by atoms with Gasteiger partial charge in [0, 0.05) is 11.4 Å². The van der Waals surface area contributed by atoms with Crippen LogP contribution in [0.1, 0.15) is 41.2 Å². The molecule has 0 bridgehead atoms. The maximum atomic E-state index is 11.4. The molecule has 1 amide bonds. The minimum Gasteiger partial charge on any atom is -0.298 e. The van der Waals surface area contributed by atoms with E-state index in [0.29, 0.717) is 4.88 Å². The van der Waals surface area contributed by atoms with Crippen molar-refractivity contribution in [1.29, 1.82) is 0 Å². The van der Waals surface area contributed by atoms with Gasteiger partial charge in [-0.25, -0.2) is 5.84 Å². The standard InChI is InChI=1S/C14H23N3OS/c1-10(2)11-5-7-17(8-6-11)9-12-3-4-13(19-12)14(18)16-15/h3-4,10-11H,5-9,15H2,1-2H3,(H,16,18). The quantitative estimate of drug-likeness (QED) is 0.505. The molecule has 0 unspecified atom stereocenters. The van der Waals surface area contributed by atoms with Crippen molar-refractivity contribution in [2.45, 2.75) is 33.2 Å². The number of piperidine rings is 1. The molecule has 2 heterocycles. The maximum absolute atomic E-state index is 11.4. The molecule has 0 atom stereocenters. The van der Waals surface area contributed by atoms with Crippen molar-refractivity contribution in [1.82, 2.24) is 10.3 Å². The molecule has 106 valence electrons. The first-order valence-electron chi connectivity index (χ1n) is 6.92. The molecule has 0 radical (unpaired) electrons. The molecule has 1 aliphatic rings. The van der Waals surface area contributed by atoms with Gasteiger partial charge in [-0.1, -0.05) is 13.8 Å². The van der Waals surface area contributed by atoms with Crippen molar-refractivity contribution >= 4 is 17.2 Å². The molecule has 1 saturated heterocycles. The minimum atomic E-state index is -0.199. The van der Waals surface area contributed by atoms with E-state index in [4.69, 9.17) is 5.84 Å². The highest BCUT2D eigenvalue weighted by Crippen LogP contribution is 2.26. The molecule has 1 aromatic rings. The Morgan fingerprint density at radius 2 is 2.16 bits per heavy atom. The van der Waals surface area contributed by atoms with Gasteiger partial charge in [0.1, 0.15) is 0 Å². The average Bonchev–Trinajstić information content (AvgIpc) is 2.87. The third-order valence-corrected chi connectivity index (χ3v) is 5.04. The second-order valence-corrected chi connectivity index (χ2v) is 6.77. The number of hydrogen-bond donors (Lipinski definition) is 2. The van der Waals surface area contributed by atoms with Crippen LogP contribution in [-0.4, -0.2) is 23.9 Å². The van der Waals surface area contributed by atoms with Gasteiger partial charge in [0.05, 0.1) is 4.88 Å². The molecule has 0 saturated carbocycles. The molecule has 5 heteroatoms. The van der Waals surface area contributed by atoms with Crippen LogP contribution < -0.4 is 11.3 Å². The van der Waals surface area contributed by atoms with Crippen LogP contribution in [0.3, 0.4) is 0 Å². The van der Waals surface area contributed by atoms with Crippen molar-refractivity contribution in [2.75, 3.05) is 13.1 Å². The summed E-state index contributed by atoms with van der Waals surface area (Å²) in [4.78, 5) is 15.8. The van der Waals surface area contributed by atoms with Crippen molar-refractivity contribution < 1.29 is 4.79 Å². The predicted octanol–water partition coefficient (Wildman–Crippen LogP) is 2.22. The van der Waals surface area contributed by atoms with Gasteiger partial charge in [0.15, 0.2) is 0 Å². The van der Waals surface area contributed by atoms with E-state index in [0.717, 1.165) is 18.4 Å². The van der Waals surface area contributed by atoms with Gasteiger partial charge in [0.2, 0.25) is 0 Å². The molecular weight excluding hydrogens is 258 g/mol. The fourth-order valence-electron chi connectivity index (χ4n) is 2.65. The molecule has 2 rings (SSSR count).